The highest BCUT2D eigenvalue weighted by Crippen LogP contribution is 2.17. The lowest BCUT2D eigenvalue weighted by Crippen LogP contribution is -2.04. The van der Waals surface area contributed by atoms with E-state index in [2.05, 4.69) is 48.7 Å². The molecule has 0 aliphatic rings. The summed E-state index contributed by atoms with van der Waals surface area (Å²) in [6.07, 6.45) is 9.46. The highest BCUT2D eigenvalue weighted by molar-refractivity contribution is 5.47. The minimum Gasteiger partial charge on any atom is -0.494 e. The maximum Gasteiger partial charge on any atom is 0.119 e. The van der Waals surface area contributed by atoms with E-state index >= 15 is 0 Å². The third-order valence-corrected chi connectivity index (χ3v) is 5.00. The Kier molecular flexibility index (Phi) is 12.3. The van der Waals surface area contributed by atoms with E-state index in [1.54, 1.807) is 0 Å². The summed E-state index contributed by atoms with van der Waals surface area (Å²) >= 11 is 0. The predicted octanol–water partition coefficient (Wildman–Crippen LogP) is 7.13. The molecule has 30 heavy (non-hydrogen) atoms. The SMILES string of the molecule is CCCCCNc1ccc(OCCCCOc2ccc(NCCCCC)cc2)cc1. The summed E-state index contributed by atoms with van der Waals surface area (Å²) in [4.78, 5) is 0. The molecule has 4 heteroatoms. The molecule has 2 N–H and O–H groups in total. The molecule has 0 heterocycles. The Morgan fingerprint density at radius 1 is 0.533 bits per heavy atom. The Morgan fingerprint density at radius 3 is 1.30 bits per heavy atom. The van der Waals surface area contributed by atoms with Gasteiger partial charge in [-0.05, 0) is 74.2 Å². The van der Waals surface area contributed by atoms with E-state index in [0.717, 1.165) is 48.8 Å². The molecule has 0 aliphatic heterocycles. The van der Waals surface area contributed by atoms with E-state index in [1.807, 2.05) is 24.3 Å². The molecule has 0 unspecified atom stereocenters. The Labute approximate surface area is 183 Å². The molecule has 0 aromatic heterocycles. The molecule has 0 fully saturated rings. The average molecular weight is 413 g/mol. The minimum absolute atomic E-state index is 0.716. The minimum atomic E-state index is 0.716. The van der Waals surface area contributed by atoms with Crippen LogP contribution in [-0.2, 0) is 0 Å². The average Bonchev–Trinajstić information content (AvgIpc) is 2.78. The predicted molar refractivity (Wildman–Crippen MR) is 129 cm³/mol. The molecule has 0 atom stereocenters. The summed E-state index contributed by atoms with van der Waals surface area (Å²) in [7, 11) is 0. The highest BCUT2D eigenvalue weighted by atomic mass is 16.5. The van der Waals surface area contributed by atoms with Crippen LogP contribution in [0.1, 0.15) is 65.2 Å². The Balaban J connectivity index is 1.52. The van der Waals surface area contributed by atoms with E-state index in [-0.39, 0.29) is 0 Å². The lowest BCUT2D eigenvalue weighted by atomic mass is 10.2. The number of ether oxygens (including phenoxy) is 2. The van der Waals surface area contributed by atoms with Gasteiger partial charge >= 0.3 is 0 Å². The fraction of sp³-hybridized carbons (Fsp3) is 0.538. The summed E-state index contributed by atoms with van der Waals surface area (Å²) in [5.41, 5.74) is 2.32. The standard InChI is InChI=1S/C26H40N2O2/c1-3-5-7-19-27-23-11-15-25(16-12-23)29-21-9-10-22-30-26-17-13-24(14-18-26)28-20-8-6-4-2/h11-18,27-28H,3-10,19-22H2,1-2H3. The number of hydrogen-bond donors (Lipinski definition) is 2. The lowest BCUT2D eigenvalue weighted by molar-refractivity contribution is 0.266. The van der Waals surface area contributed by atoms with Gasteiger partial charge in [0.25, 0.3) is 0 Å². The van der Waals surface area contributed by atoms with Gasteiger partial charge in [-0.15, -0.1) is 0 Å². The molecule has 2 aromatic rings. The Morgan fingerprint density at radius 2 is 0.933 bits per heavy atom. The third-order valence-electron chi connectivity index (χ3n) is 5.00. The first-order valence-corrected chi connectivity index (χ1v) is 11.7. The maximum atomic E-state index is 5.84. The molecule has 0 saturated carbocycles. The first-order chi connectivity index (χ1) is 14.8. The van der Waals surface area contributed by atoms with Crippen LogP contribution in [0.25, 0.3) is 0 Å². The van der Waals surface area contributed by atoms with Crippen molar-refractivity contribution in [2.75, 3.05) is 36.9 Å². The maximum absolute atomic E-state index is 5.84. The molecule has 2 rings (SSSR count). The van der Waals surface area contributed by atoms with Crippen molar-refractivity contribution in [3.63, 3.8) is 0 Å². The second kappa shape index (κ2) is 15.5. The highest BCUT2D eigenvalue weighted by Gasteiger charge is 1.98. The molecule has 2 aromatic carbocycles. The number of anilines is 2. The molecule has 0 radical (unpaired) electrons. The van der Waals surface area contributed by atoms with Crippen LogP contribution in [0.15, 0.2) is 48.5 Å². The fourth-order valence-corrected chi connectivity index (χ4v) is 3.14. The molecule has 0 aliphatic carbocycles. The van der Waals surface area contributed by atoms with E-state index in [1.165, 1.54) is 38.5 Å². The van der Waals surface area contributed by atoms with Crippen molar-refractivity contribution in [1.29, 1.82) is 0 Å². The van der Waals surface area contributed by atoms with Gasteiger partial charge in [-0.25, -0.2) is 0 Å². The van der Waals surface area contributed by atoms with Crippen LogP contribution in [0.5, 0.6) is 11.5 Å². The molecule has 0 saturated heterocycles. The number of unbranched alkanes of at least 4 members (excludes halogenated alkanes) is 5. The van der Waals surface area contributed by atoms with E-state index < -0.39 is 0 Å². The molecule has 0 spiro atoms. The van der Waals surface area contributed by atoms with Crippen LogP contribution in [-0.4, -0.2) is 26.3 Å². The normalized spacial score (nSPS) is 10.6. The van der Waals surface area contributed by atoms with Gasteiger partial charge in [0.2, 0.25) is 0 Å². The first-order valence-electron chi connectivity index (χ1n) is 11.7. The van der Waals surface area contributed by atoms with Gasteiger partial charge in [0.05, 0.1) is 13.2 Å². The van der Waals surface area contributed by atoms with Crippen molar-refractivity contribution in [3.05, 3.63) is 48.5 Å². The third kappa shape index (κ3) is 10.4. The van der Waals surface area contributed by atoms with E-state index in [0.29, 0.717) is 13.2 Å². The second-order valence-corrected chi connectivity index (χ2v) is 7.72. The van der Waals surface area contributed by atoms with Crippen LogP contribution in [0.3, 0.4) is 0 Å². The summed E-state index contributed by atoms with van der Waals surface area (Å²) in [6.45, 7) is 7.95. The largest absolute Gasteiger partial charge is 0.494 e. The van der Waals surface area contributed by atoms with Crippen molar-refractivity contribution < 1.29 is 9.47 Å². The monoisotopic (exact) mass is 412 g/mol. The van der Waals surface area contributed by atoms with Crippen molar-refractivity contribution in [1.82, 2.24) is 0 Å². The number of rotatable bonds is 17. The molecular formula is C26H40N2O2. The molecule has 166 valence electrons. The zero-order chi connectivity index (χ0) is 21.3. The topological polar surface area (TPSA) is 42.5 Å². The van der Waals surface area contributed by atoms with Gasteiger partial charge in [-0.3, -0.25) is 0 Å². The van der Waals surface area contributed by atoms with Crippen molar-refractivity contribution in [2.24, 2.45) is 0 Å². The van der Waals surface area contributed by atoms with Gasteiger partial charge < -0.3 is 20.1 Å². The summed E-state index contributed by atoms with van der Waals surface area (Å²) in [5.74, 6) is 1.86. The van der Waals surface area contributed by atoms with Gasteiger partial charge in [0.15, 0.2) is 0 Å². The van der Waals surface area contributed by atoms with Crippen LogP contribution < -0.4 is 20.1 Å². The van der Waals surface area contributed by atoms with Gasteiger partial charge in [-0.1, -0.05) is 39.5 Å². The van der Waals surface area contributed by atoms with Gasteiger partial charge in [0, 0.05) is 24.5 Å². The van der Waals surface area contributed by atoms with Gasteiger partial charge in [-0.2, -0.15) is 0 Å². The van der Waals surface area contributed by atoms with Crippen LogP contribution in [0.4, 0.5) is 11.4 Å². The second-order valence-electron chi connectivity index (χ2n) is 7.72. The zero-order valence-electron chi connectivity index (χ0n) is 18.9. The molecule has 0 amide bonds. The first kappa shape index (κ1) is 23.9. The van der Waals surface area contributed by atoms with Gasteiger partial charge in [0.1, 0.15) is 11.5 Å². The summed E-state index contributed by atoms with van der Waals surface area (Å²) < 4.78 is 11.7. The van der Waals surface area contributed by atoms with E-state index in [4.69, 9.17) is 9.47 Å². The number of nitrogens with one attached hydrogen (secondary N) is 2. The fourth-order valence-electron chi connectivity index (χ4n) is 3.14. The van der Waals surface area contributed by atoms with Crippen LogP contribution in [0.2, 0.25) is 0 Å². The molecule has 4 nitrogen and oxygen atoms in total. The zero-order valence-corrected chi connectivity index (χ0v) is 18.9. The number of hydrogen-bond acceptors (Lipinski definition) is 4. The Bertz CT molecular complexity index is 596. The lowest BCUT2D eigenvalue weighted by Gasteiger charge is -2.10. The smallest absolute Gasteiger partial charge is 0.119 e. The van der Waals surface area contributed by atoms with Crippen molar-refractivity contribution >= 4 is 11.4 Å². The molecular weight excluding hydrogens is 372 g/mol. The van der Waals surface area contributed by atoms with Crippen molar-refractivity contribution in [3.8, 4) is 11.5 Å². The van der Waals surface area contributed by atoms with Crippen LogP contribution >= 0.6 is 0 Å². The van der Waals surface area contributed by atoms with Crippen LogP contribution in [0, 0.1) is 0 Å². The van der Waals surface area contributed by atoms with E-state index in [9.17, 15) is 0 Å². The summed E-state index contributed by atoms with van der Waals surface area (Å²) in [5, 5.41) is 6.90. The van der Waals surface area contributed by atoms with Crippen molar-refractivity contribution in [2.45, 2.75) is 65.2 Å². The molecule has 0 bridgehead atoms. The quantitative estimate of drug-likeness (QED) is 0.271. The Hall–Kier alpha value is -2.36. The summed E-state index contributed by atoms with van der Waals surface area (Å²) in [6, 6.07) is 16.5. The number of benzene rings is 2.